The van der Waals surface area contributed by atoms with Crippen LogP contribution >= 0.6 is 15.6 Å². The number of carbonyl (C=O) groups excluding carboxylic acids is 4. The van der Waals surface area contributed by atoms with Gasteiger partial charge in [-0.15, -0.1) is 0 Å². The number of phosphoric ester groups is 2. The van der Waals surface area contributed by atoms with Gasteiger partial charge >= 0.3 is 39.5 Å². The van der Waals surface area contributed by atoms with Gasteiger partial charge in [-0.2, -0.15) is 0 Å². The molecule has 86 heavy (non-hydrogen) atoms. The maximum Gasteiger partial charge on any atom is 0.472 e. The van der Waals surface area contributed by atoms with Crippen LogP contribution in [0.3, 0.4) is 0 Å². The highest BCUT2D eigenvalue weighted by Gasteiger charge is 2.30. The first-order chi connectivity index (χ1) is 41.1. The number of ether oxygens (including phenoxy) is 4. The van der Waals surface area contributed by atoms with Crippen LogP contribution in [0, 0.1) is 23.7 Å². The third-order valence-electron chi connectivity index (χ3n) is 15.7. The van der Waals surface area contributed by atoms with E-state index in [1.807, 2.05) is 0 Å². The second-order valence-corrected chi connectivity index (χ2v) is 28.8. The van der Waals surface area contributed by atoms with E-state index in [9.17, 15) is 43.2 Å². The Morgan fingerprint density at radius 1 is 0.326 bits per heavy atom. The van der Waals surface area contributed by atoms with Crippen LogP contribution in [-0.2, 0) is 65.4 Å². The highest BCUT2D eigenvalue weighted by molar-refractivity contribution is 7.47. The molecule has 0 heterocycles. The van der Waals surface area contributed by atoms with Gasteiger partial charge in [0.2, 0.25) is 0 Å². The Morgan fingerprint density at radius 2 is 0.558 bits per heavy atom. The van der Waals surface area contributed by atoms with E-state index in [0.29, 0.717) is 31.6 Å². The van der Waals surface area contributed by atoms with Gasteiger partial charge in [-0.3, -0.25) is 37.3 Å². The number of aliphatic hydroxyl groups is 1. The topological polar surface area (TPSA) is 237 Å². The minimum Gasteiger partial charge on any atom is -0.462 e. The van der Waals surface area contributed by atoms with Crippen LogP contribution in [0.5, 0.6) is 0 Å². The first-order valence-electron chi connectivity index (χ1n) is 34.7. The van der Waals surface area contributed by atoms with Crippen molar-refractivity contribution in [2.75, 3.05) is 39.6 Å². The Hall–Kier alpha value is -1.94. The maximum absolute atomic E-state index is 13.0. The van der Waals surface area contributed by atoms with E-state index in [2.05, 4.69) is 55.4 Å². The lowest BCUT2D eigenvalue weighted by atomic mass is 9.99. The van der Waals surface area contributed by atoms with Gasteiger partial charge in [-0.05, 0) is 49.4 Å². The minimum absolute atomic E-state index is 0.103. The summed E-state index contributed by atoms with van der Waals surface area (Å²) in [5.74, 6) is 0.801. The number of carbonyl (C=O) groups is 4. The van der Waals surface area contributed by atoms with Crippen molar-refractivity contribution < 1.29 is 80.2 Å². The van der Waals surface area contributed by atoms with Gasteiger partial charge in [-0.1, -0.05) is 274 Å². The van der Waals surface area contributed by atoms with Crippen molar-refractivity contribution in [3.63, 3.8) is 0 Å². The fourth-order valence-electron chi connectivity index (χ4n) is 9.93. The molecule has 0 aliphatic heterocycles. The average molecular weight is 1270 g/mol. The Kier molecular flexibility index (Phi) is 55.7. The molecule has 3 unspecified atom stereocenters. The summed E-state index contributed by atoms with van der Waals surface area (Å²) < 4.78 is 68.1. The van der Waals surface area contributed by atoms with E-state index in [0.717, 1.165) is 114 Å². The quantitative estimate of drug-likeness (QED) is 0.0222. The SMILES string of the molecule is CCC(C)CCCCCCCCCCC(=O)O[C@H](COC(=O)CCCCCCCCC(C)C)COP(=O)(O)OC[C@H](O)COP(=O)(O)OC[C@@H](COC(=O)CCCCCCCCCCCCCC(C)C)OC(=O)CCCCCCCCCCC(C)C. The van der Waals surface area contributed by atoms with Crippen molar-refractivity contribution >= 4 is 39.5 Å². The lowest BCUT2D eigenvalue weighted by molar-refractivity contribution is -0.161. The fourth-order valence-corrected chi connectivity index (χ4v) is 11.5. The zero-order chi connectivity index (χ0) is 63.9. The van der Waals surface area contributed by atoms with Crippen LogP contribution in [0.4, 0.5) is 0 Å². The number of hydrogen-bond acceptors (Lipinski definition) is 15. The molecule has 0 aromatic carbocycles. The predicted octanol–water partition coefficient (Wildman–Crippen LogP) is 18.5. The Morgan fingerprint density at radius 3 is 0.826 bits per heavy atom. The van der Waals surface area contributed by atoms with Gasteiger partial charge in [0, 0.05) is 25.7 Å². The van der Waals surface area contributed by atoms with Crippen molar-refractivity contribution in [1.29, 1.82) is 0 Å². The van der Waals surface area contributed by atoms with Crippen LogP contribution in [0.15, 0.2) is 0 Å². The van der Waals surface area contributed by atoms with E-state index in [4.69, 9.17) is 37.0 Å². The molecule has 6 atom stereocenters. The number of aliphatic hydroxyl groups excluding tert-OH is 1. The van der Waals surface area contributed by atoms with Crippen LogP contribution in [-0.4, -0.2) is 96.7 Å². The normalized spacial score (nSPS) is 14.7. The van der Waals surface area contributed by atoms with Crippen molar-refractivity contribution in [2.45, 2.75) is 343 Å². The van der Waals surface area contributed by atoms with E-state index in [-0.39, 0.29) is 25.7 Å². The summed E-state index contributed by atoms with van der Waals surface area (Å²) in [6, 6.07) is 0. The summed E-state index contributed by atoms with van der Waals surface area (Å²) in [6.07, 6.45) is 37.7. The second kappa shape index (κ2) is 57.0. The van der Waals surface area contributed by atoms with Gasteiger partial charge < -0.3 is 33.8 Å². The summed E-state index contributed by atoms with van der Waals surface area (Å²) >= 11 is 0. The second-order valence-electron chi connectivity index (χ2n) is 25.9. The molecule has 0 amide bonds. The van der Waals surface area contributed by atoms with Gasteiger partial charge in [-0.25, -0.2) is 9.13 Å². The number of rotatable bonds is 64. The maximum atomic E-state index is 13.0. The third kappa shape index (κ3) is 59.7. The zero-order valence-electron chi connectivity index (χ0n) is 55.9. The Balaban J connectivity index is 5.25. The summed E-state index contributed by atoms with van der Waals surface area (Å²) in [4.78, 5) is 72.4. The standard InChI is InChI=1S/C67H130O17P2/c1-9-60(8)46-38-30-21-16-18-24-34-42-50-67(72)84-63(54-78-65(70)48-40-32-26-25-29-37-45-59(6)7)56-82-86(75,76)80-52-61(68)51-79-85(73,74)81-55-62(83-66(71)49-41-33-23-17-15-20-28-36-44-58(4)5)53-77-64(69)47-39-31-22-14-12-10-11-13-19-27-35-43-57(2)3/h57-63,68H,9-56H2,1-8H3,(H,73,74)(H,75,76)/t60?,61-,62-,63-/m1/s1. The fraction of sp³-hybridized carbons (Fsp3) is 0.940. The highest BCUT2D eigenvalue weighted by Crippen LogP contribution is 2.45. The molecule has 0 spiro atoms. The summed E-state index contributed by atoms with van der Waals surface area (Å²) in [7, 11) is -9.90. The van der Waals surface area contributed by atoms with Crippen molar-refractivity contribution in [3.05, 3.63) is 0 Å². The van der Waals surface area contributed by atoms with Crippen molar-refractivity contribution in [3.8, 4) is 0 Å². The Labute approximate surface area is 524 Å². The van der Waals surface area contributed by atoms with Crippen LogP contribution in [0.1, 0.15) is 325 Å². The molecule has 3 N–H and O–H groups in total. The molecule has 0 rings (SSSR count). The van der Waals surface area contributed by atoms with E-state index in [1.54, 1.807) is 0 Å². The molecule has 0 aliphatic rings. The molecule has 0 radical (unpaired) electrons. The molecular formula is C67H130O17P2. The molecule has 0 aromatic rings. The van der Waals surface area contributed by atoms with Crippen LogP contribution < -0.4 is 0 Å². The lowest BCUT2D eigenvalue weighted by Gasteiger charge is -2.21. The zero-order valence-corrected chi connectivity index (χ0v) is 57.7. The monoisotopic (exact) mass is 1270 g/mol. The Bertz CT molecular complexity index is 1720. The van der Waals surface area contributed by atoms with E-state index < -0.39 is 97.5 Å². The predicted molar refractivity (Wildman–Crippen MR) is 344 cm³/mol. The number of phosphoric acid groups is 2. The molecule has 0 fully saturated rings. The van der Waals surface area contributed by atoms with Gasteiger partial charge in [0.1, 0.15) is 19.3 Å². The van der Waals surface area contributed by atoms with Gasteiger partial charge in [0.05, 0.1) is 26.4 Å². The van der Waals surface area contributed by atoms with Crippen LogP contribution in [0.2, 0.25) is 0 Å². The van der Waals surface area contributed by atoms with Crippen LogP contribution in [0.25, 0.3) is 0 Å². The molecule has 0 aromatic heterocycles. The number of unbranched alkanes of at least 4 members (excludes halogenated alkanes) is 29. The number of esters is 4. The molecule has 0 aliphatic carbocycles. The van der Waals surface area contributed by atoms with Gasteiger partial charge in [0.15, 0.2) is 12.2 Å². The molecule has 510 valence electrons. The molecule has 0 saturated carbocycles. The highest BCUT2D eigenvalue weighted by atomic mass is 31.2. The third-order valence-corrected chi connectivity index (χ3v) is 17.6. The molecule has 19 heteroatoms. The lowest BCUT2D eigenvalue weighted by Crippen LogP contribution is -2.30. The smallest absolute Gasteiger partial charge is 0.462 e. The molecular weight excluding hydrogens is 1140 g/mol. The first-order valence-corrected chi connectivity index (χ1v) is 37.7. The van der Waals surface area contributed by atoms with Gasteiger partial charge in [0.25, 0.3) is 0 Å². The molecule has 0 bridgehead atoms. The summed E-state index contributed by atoms with van der Waals surface area (Å²) in [5.41, 5.74) is 0. The van der Waals surface area contributed by atoms with E-state index in [1.165, 1.54) is 122 Å². The summed E-state index contributed by atoms with van der Waals surface area (Å²) in [6.45, 7) is 14.0. The molecule has 0 saturated heterocycles. The first kappa shape index (κ1) is 84.1. The molecule has 17 nitrogen and oxygen atoms in total. The van der Waals surface area contributed by atoms with Crippen molar-refractivity contribution in [2.24, 2.45) is 23.7 Å². The van der Waals surface area contributed by atoms with Crippen molar-refractivity contribution in [1.82, 2.24) is 0 Å². The number of hydrogen-bond donors (Lipinski definition) is 3. The largest absolute Gasteiger partial charge is 0.472 e. The minimum atomic E-state index is -4.95. The van der Waals surface area contributed by atoms with E-state index >= 15 is 0 Å². The average Bonchev–Trinajstić information content (AvgIpc) is 3.60. The summed E-state index contributed by atoms with van der Waals surface area (Å²) in [5, 5.41) is 10.6.